The summed E-state index contributed by atoms with van der Waals surface area (Å²) < 4.78 is 43.0. The van der Waals surface area contributed by atoms with Gasteiger partial charge in [-0.2, -0.15) is 0 Å². The van der Waals surface area contributed by atoms with Crippen LogP contribution in [0.2, 0.25) is 0 Å². The van der Waals surface area contributed by atoms with Crippen molar-refractivity contribution in [3.63, 3.8) is 0 Å². The molecule has 0 spiro atoms. The maximum atomic E-state index is 9.32. The van der Waals surface area contributed by atoms with Crippen LogP contribution < -0.4 is 5.73 Å². The topological polar surface area (TPSA) is 120 Å². The lowest BCUT2D eigenvalue weighted by atomic mass is 10.4. The van der Waals surface area contributed by atoms with Gasteiger partial charge in [-0.15, -0.1) is 0 Å². The molecule has 0 amide bonds. The van der Waals surface area contributed by atoms with Gasteiger partial charge in [0.05, 0.1) is 99.1 Å². The maximum absolute atomic E-state index is 9.32. The van der Waals surface area contributed by atoms with E-state index in [0.717, 1.165) is 13.0 Å². The van der Waals surface area contributed by atoms with Crippen molar-refractivity contribution in [3.05, 3.63) is 0 Å². The Labute approximate surface area is 181 Å². The first-order chi connectivity index (χ1) is 14.8. The van der Waals surface area contributed by atoms with E-state index < -0.39 is 0 Å². The lowest BCUT2D eigenvalue weighted by Gasteiger charge is -2.16. The molecule has 0 radical (unpaired) electrons. The van der Waals surface area contributed by atoms with Gasteiger partial charge in [-0.1, -0.05) is 6.92 Å². The minimum atomic E-state index is -0.377. The fourth-order valence-electron chi connectivity index (χ4n) is 2.07. The van der Waals surface area contributed by atoms with Crippen molar-refractivity contribution in [2.45, 2.75) is 19.4 Å². The molecule has 182 valence electrons. The molecule has 10 nitrogen and oxygen atoms in total. The number of ether oxygens (including phenoxy) is 8. The quantitative estimate of drug-likeness (QED) is 0.175. The van der Waals surface area contributed by atoms with Crippen molar-refractivity contribution >= 4 is 0 Å². The van der Waals surface area contributed by atoms with Gasteiger partial charge in [0, 0.05) is 13.2 Å². The van der Waals surface area contributed by atoms with Crippen LogP contribution in [-0.2, 0) is 37.9 Å². The highest BCUT2D eigenvalue weighted by Gasteiger charge is 2.07. The van der Waals surface area contributed by atoms with Gasteiger partial charge >= 0.3 is 0 Å². The first-order valence-electron chi connectivity index (χ1n) is 10.8. The standard InChI is InChI=1S/C20H43NO9/c1-2-4-23-6-8-25-12-13-28-16-17-30-20(18-22)19-29-15-14-27-11-10-26-9-7-24-5-3-21/h20,22H,2-19,21H2,1H3. The summed E-state index contributed by atoms with van der Waals surface area (Å²) in [6, 6.07) is 0. The minimum Gasteiger partial charge on any atom is -0.394 e. The van der Waals surface area contributed by atoms with E-state index in [-0.39, 0.29) is 12.7 Å². The molecule has 1 unspecified atom stereocenters. The van der Waals surface area contributed by atoms with Crippen molar-refractivity contribution in [1.82, 2.24) is 0 Å². The highest BCUT2D eigenvalue weighted by molar-refractivity contribution is 4.53. The molecule has 1 atom stereocenters. The highest BCUT2D eigenvalue weighted by atomic mass is 16.6. The van der Waals surface area contributed by atoms with Gasteiger partial charge in [0.15, 0.2) is 0 Å². The summed E-state index contributed by atoms with van der Waals surface area (Å²) in [4.78, 5) is 0. The first kappa shape index (κ1) is 29.6. The van der Waals surface area contributed by atoms with Crippen LogP contribution >= 0.6 is 0 Å². The summed E-state index contributed by atoms with van der Waals surface area (Å²) in [5.74, 6) is 0. The van der Waals surface area contributed by atoms with Crippen molar-refractivity contribution in [2.24, 2.45) is 5.73 Å². The van der Waals surface area contributed by atoms with Crippen molar-refractivity contribution in [1.29, 1.82) is 0 Å². The Morgan fingerprint density at radius 2 is 0.967 bits per heavy atom. The molecule has 0 heterocycles. The summed E-state index contributed by atoms with van der Waals surface area (Å²) in [7, 11) is 0. The molecule has 0 bridgehead atoms. The first-order valence-corrected chi connectivity index (χ1v) is 10.8. The van der Waals surface area contributed by atoms with E-state index in [2.05, 4.69) is 6.92 Å². The Kier molecular flexibility index (Phi) is 26.3. The third-order valence-electron chi connectivity index (χ3n) is 3.56. The number of aliphatic hydroxyl groups is 1. The molecule has 0 aromatic rings. The van der Waals surface area contributed by atoms with E-state index in [1.165, 1.54) is 0 Å². The van der Waals surface area contributed by atoms with Gasteiger partial charge in [0.1, 0.15) is 6.10 Å². The Hall–Kier alpha value is -0.400. The average Bonchev–Trinajstić information content (AvgIpc) is 2.76. The van der Waals surface area contributed by atoms with Crippen LogP contribution in [0, 0.1) is 0 Å². The van der Waals surface area contributed by atoms with Crippen LogP contribution in [0.5, 0.6) is 0 Å². The molecule has 10 heteroatoms. The van der Waals surface area contributed by atoms with E-state index in [0.29, 0.717) is 99.0 Å². The molecule has 3 N–H and O–H groups in total. The Balaban J connectivity index is 3.27. The fraction of sp³-hybridized carbons (Fsp3) is 1.00. The molecule has 0 rings (SSSR count). The normalized spacial score (nSPS) is 12.5. The number of hydrogen-bond acceptors (Lipinski definition) is 10. The fourth-order valence-corrected chi connectivity index (χ4v) is 2.07. The number of nitrogens with two attached hydrogens (primary N) is 1. The van der Waals surface area contributed by atoms with E-state index >= 15 is 0 Å². The summed E-state index contributed by atoms with van der Waals surface area (Å²) in [6.45, 7) is 10.1. The van der Waals surface area contributed by atoms with Crippen molar-refractivity contribution < 1.29 is 43.0 Å². The van der Waals surface area contributed by atoms with Crippen molar-refractivity contribution in [3.8, 4) is 0 Å². The molecule has 0 saturated carbocycles. The largest absolute Gasteiger partial charge is 0.394 e. The molecule has 0 aromatic heterocycles. The molecule has 0 saturated heterocycles. The zero-order valence-corrected chi connectivity index (χ0v) is 18.6. The van der Waals surface area contributed by atoms with Crippen LogP contribution in [0.25, 0.3) is 0 Å². The molecular formula is C20H43NO9. The Bertz CT molecular complexity index is 314. The summed E-state index contributed by atoms with van der Waals surface area (Å²) in [5, 5.41) is 9.32. The number of rotatable bonds is 26. The van der Waals surface area contributed by atoms with E-state index in [1.54, 1.807) is 0 Å². The van der Waals surface area contributed by atoms with Crippen LogP contribution in [0.3, 0.4) is 0 Å². The lowest BCUT2D eigenvalue weighted by Crippen LogP contribution is -2.27. The van der Waals surface area contributed by atoms with Gasteiger partial charge in [-0.05, 0) is 6.42 Å². The third-order valence-corrected chi connectivity index (χ3v) is 3.56. The average molecular weight is 442 g/mol. The van der Waals surface area contributed by atoms with Crippen LogP contribution in [-0.4, -0.2) is 123 Å². The van der Waals surface area contributed by atoms with E-state index in [9.17, 15) is 5.11 Å². The molecule has 0 aliphatic heterocycles. The zero-order valence-electron chi connectivity index (χ0n) is 18.6. The van der Waals surface area contributed by atoms with Gasteiger partial charge < -0.3 is 48.7 Å². The summed E-state index contributed by atoms with van der Waals surface area (Å²) >= 11 is 0. The molecule has 0 aliphatic rings. The summed E-state index contributed by atoms with van der Waals surface area (Å²) in [5.41, 5.74) is 5.31. The second-order valence-electron chi connectivity index (χ2n) is 6.21. The SMILES string of the molecule is CCCOCCOCCOCCOC(CO)COCCOCCOCCOCCN. The Morgan fingerprint density at radius 3 is 1.40 bits per heavy atom. The van der Waals surface area contributed by atoms with Crippen LogP contribution in [0.1, 0.15) is 13.3 Å². The third kappa shape index (κ3) is 23.9. The van der Waals surface area contributed by atoms with Crippen LogP contribution in [0.15, 0.2) is 0 Å². The van der Waals surface area contributed by atoms with E-state index in [4.69, 9.17) is 43.6 Å². The molecule has 0 aromatic carbocycles. The number of aliphatic hydroxyl groups excluding tert-OH is 1. The number of hydrogen-bond donors (Lipinski definition) is 2. The van der Waals surface area contributed by atoms with Gasteiger partial charge in [-0.3, -0.25) is 0 Å². The summed E-state index contributed by atoms with van der Waals surface area (Å²) in [6.07, 6.45) is 0.636. The predicted octanol–water partition coefficient (Wildman–Crippen LogP) is -0.151. The van der Waals surface area contributed by atoms with Gasteiger partial charge in [0.2, 0.25) is 0 Å². The minimum absolute atomic E-state index is 0.109. The van der Waals surface area contributed by atoms with Gasteiger partial charge in [0.25, 0.3) is 0 Å². The zero-order chi connectivity index (χ0) is 22.0. The predicted molar refractivity (Wildman–Crippen MR) is 112 cm³/mol. The second-order valence-corrected chi connectivity index (χ2v) is 6.21. The molecule has 0 aliphatic carbocycles. The molecule has 0 fully saturated rings. The molecular weight excluding hydrogens is 398 g/mol. The maximum Gasteiger partial charge on any atom is 0.104 e. The Morgan fingerprint density at radius 1 is 0.567 bits per heavy atom. The van der Waals surface area contributed by atoms with Gasteiger partial charge in [-0.25, -0.2) is 0 Å². The lowest BCUT2D eigenvalue weighted by molar-refractivity contribution is -0.0710. The smallest absolute Gasteiger partial charge is 0.104 e. The monoisotopic (exact) mass is 441 g/mol. The van der Waals surface area contributed by atoms with E-state index in [1.807, 2.05) is 0 Å². The highest BCUT2D eigenvalue weighted by Crippen LogP contribution is 1.94. The second kappa shape index (κ2) is 26.6. The van der Waals surface area contributed by atoms with Crippen LogP contribution in [0.4, 0.5) is 0 Å². The molecule has 30 heavy (non-hydrogen) atoms. The van der Waals surface area contributed by atoms with Crippen molar-refractivity contribution in [2.75, 3.05) is 112 Å².